The van der Waals surface area contributed by atoms with Crippen molar-refractivity contribution in [3.8, 4) is 17.2 Å². The van der Waals surface area contributed by atoms with Crippen LogP contribution in [0.1, 0.15) is 6.92 Å². The predicted molar refractivity (Wildman–Crippen MR) is 88.7 cm³/mol. The zero-order chi connectivity index (χ0) is 17.5. The number of benzene rings is 1. The molecule has 134 valence electrons. The molecule has 1 aliphatic heterocycles. The van der Waals surface area contributed by atoms with Gasteiger partial charge in [0.05, 0.1) is 19.5 Å². The lowest BCUT2D eigenvalue weighted by atomic mass is 10.3. The smallest absolute Gasteiger partial charge is 0.260 e. The molecule has 0 radical (unpaired) electrons. The Morgan fingerprint density at radius 3 is 3.08 bits per heavy atom. The van der Waals surface area contributed by atoms with Crippen LogP contribution in [0.3, 0.4) is 0 Å². The standard InChI is InChI=1S/C17H21N3O5/c1-13(25-14-2-3-15-16(10-14)24-12-23-15)17(21)19-5-8-22-9-7-20-6-4-18-11-20/h2-4,6,10-11,13H,5,7-9,12H2,1H3,(H,19,21). The van der Waals surface area contributed by atoms with Crippen LogP contribution >= 0.6 is 0 Å². The SMILES string of the molecule is CC(Oc1ccc2c(c1)OCO2)C(=O)NCCOCCn1ccnc1. The van der Waals surface area contributed by atoms with E-state index in [1.54, 1.807) is 37.6 Å². The summed E-state index contributed by atoms with van der Waals surface area (Å²) in [6.07, 6.45) is 4.72. The van der Waals surface area contributed by atoms with Crippen molar-refractivity contribution in [3.05, 3.63) is 36.9 Å². The molecule has 1 N–H and O–H groups in total. The number of hydrogen-bond donors (Lipinski definition) is 1. The zero-order valence-corrected chi connectivity index (χ0v) is 14.0. The number of carbonyl (C=O) groups is 1. The van der Waals surface area contributed by atoms with Gasteiger partial charge in [0.15, 0.2) is 17.6 Å². The summed E-state index contributed by atoms with van der Waals surface area (Å²) in [7, 11) is 0. The summed E-state index contributed by atoms with van der Waals surface area (Å²) in [4.78, 5) is 16.0. The van der Waals surface area contributed by atoms with Gasteiger partial charge in [-0.2, -0.15) is 0 Å². The molecular weight excluding hydrogens is 326 g/mol. The van der Waals surface area contributed by atoms with Gasteiger partial charge in [-0.25, -0.2) is 4.98 Å². The third-order valence-corrected chi connectivity index (χ3v) is 3.62. The van der Waals surface area contributed by atoms with E-state index in [-0.39, 0.29) is 12.7 Å². The average molecular weight is 347 g/mol. The molecule has 1 aliphatic rings. The third kappa shape index (κ3) is 4.87. The van der Waals surface area contributed by atoms with Crippen molar-refractivity contribution in [2.45, 2.75) is 19.6 Å². The van der Waals surface area contributed by atoms with Gasteiger partial charge >= 0.3 is 0 Å². The topological polar surface area (TPSA) is 83.8 Å². The normalized spacial score (nSPS) is 13.5. The maximum atomic E-state index is 12.0. The van der Waals surface area contributed by atoms with Crippen LogP contribution < -0.4 is 19.5 Å². The van der Waals surface area contributed by atoms with E-state index in [0.717, 1.165) is 6.54 Å². The van der Waals surface area contributed by atoms with E-state index in [1.165, 1.54) is 0 Å². The Hall–Kier alpha value is -2.74. The average Bonchev–Trinajstić information content (AvgIpc) is 3.28. The van der Waals surface area contributed by atoms with E-state index in [0.29, 0.717) is 37.0 Å². The summed E-state index contributed by atoms with van der Waals surface area (Å²) < 4.78 is 23.6. The fourth-order valence-electron chi connectivity index (χ4n) is 2.29. The lowest BCUT2D eigenvalue weighted by Crippen LogP contribution is -2.38. The van der Waals surface area contributed by atoms with Gasteiger partial charge in [-0.3, -0.25) is 4.79 Å². The van der Waals surface area contributed by atoms with Crippen LogP contribution in [-0.4, -0.2) is 48.1 Å². The highest BCUT2D eigenvalue weighted by atomic mass is 16.7. The highest BCUT2D eigenvalue weighted by Crippen LogP contribution is 2.35. The van der Waals surface area contributed by atoms with Gasteiger partial charge in [-0.1, -0.05) is 0 Å². The lowest BCUT2D eigenvalue weighted by molar-refractivity contribution is -0.127. The highest BCUT2D eigenvalue weighted by molar-refractivity contribution is 5.80. The number of hydrogen-bond acceptors (Lipinski definition) is 6. The van der Waals surface area contributed by atoms with Crippen LogP contribution in [0.15, 0.2) is 36.9 Å². The maximum Gasteiger partial charge on any atom is 0.260 e. The summed E-state index contributed by atoms with van der Waals surface area (Å²) in [5.74, 6) is 1.66. The number of nitrogens with one attached hydrogen (secondary N) is 1. The number of nitrogens with zero attached hydrogens (tertiary/aromatic N) is 2. The Morgan fingerprint density at radius 1 is 1.36 bits per heavy atom. The van der Waals surface area contributed by atoms with E-state index >= 15 is 0 Å². The number of amides is 1. The van der Waals surface area contributed by atoms with Crippen LogP contribution in [0, 0.1) is 0 Å². The quantitative estimate of drug-likeness (QED) is 0.687. The Bertz CT molecular complexity index is 690. The van der Waals surface area contributed by atoms with Gasteiger partial charge in [0.1, 0.15) is 5.75 Å². The van der Waals surface area contributed by atoms with Crippen molar-refractivity contribution in [1.82, 2.24) is 14.9 Å². The zero-order valence-electron chi connectivity index (χ0n) is 14.0. The Morgan fingerprint density at radius 2 is 2.24 bits per heavy atom. The van der Waals surface area contributed by atoms with Crippen molar-refractivity contribution in [2.24, 2.45) is 0 Å². The summed E-state index contributed by atoms with van der Waals surface area (Å²) in [5.41, 5.74) is 0. The minimum atomic E-state index is -0.619. The minimum Gasteiger partial charge on any atom is -0.481 e. The summed E-state index contributed by atoms with van der Waals surface area (Å²) in [5, 5.41) is 2.78. The van der Waals surface area contributed by atoms with Crippen LogP contribution in [0.4, 0.5) is 0 Å². The molecule has 25 heavy (non-hydrogen) atoms. The molecule has 1 aromatic carbocycles. The maximum absolute atomic E-state index is 12.0. The summed E-state index contributed by atoms with van der Waals surface area (Å²) in [6, 6.07) is 5.22. The molecule has 0 saturated carbocycles. The molecule has 0 saturated heterocycles. The van der Waals surface area contributed by atoms with Crippen molar-refractivity contribution in [2.75, 3.05) is 26.6 Å². The molecule has 0 bridgehead atoms. The van der Waals surface area contributed by atoms with E-state index < -0.39 is 6.10 Å². The van der Waals surface area contributed by atoms with Gasteiger partial charge in [-0.05, 0) is 19.1 Å². The molecule has 2 aromatic rings. The van der Waals surface area contributed by atoms with E-state index in [9.17, 15) is 4.79 Å². The molecule has 3 rings (SSSR count). The second-order valence-corrected chi connectivity index (χ2v) is 5.48. The first-order chi connectivity index (χ1) is 12.2. The third-order valence-electron chi connectivity index (χ3n) is 3.62. The highest BCUT2D eigenvalue weighted by Gasteiger charge is 2.17. The van der Waals surface area contributed by atoms with E-state index in [1.807, 2.05) is 10.8 Å². The molecule has 1 amide bonds. The molecule has 0 aliphatic carbocycles. The summed E-state index contributed by atoms with van der Waals surface area (Å²) in [6.45, 7) is 4.07. The van der Waals surface area contributed by atoms with Gasteiger partial charge < -0.3 is 28.8 Å². The molecule has 1 atom stereocenters. The number of rotatable bonds is 9. The van der Waals surface area contributed by atoms with Gasteiger partial charge in [-0.15, -0.1) is 0 Å². The van der Waals surface area contributed by atoms with Crippen molar-refractivity contribution in [3.63, 3.8) is 0 Å². The number of fused-ring (bicyclic) bond motifs is 1. The fourth-order valence-corrected chi connectivity index (χ4v) is 2.29. The number of carbonyl (C=O) groups excluding carboxylic acids is 1. The van der Waals surface area contributed by atoms with E-state index in [2.05, 4.69) is 10.3 Å². The van der Waals surface area contributed by atoms with Crippen LogP contribution in [0.2, 0.25) is 0 Å². The first-order valence-electron chi connectivity index (χ1n) is 8.10. The molecule has 1 unspecified atom stereocenters. The lowest BCUT2D eigenvalue weighted by Gasteiger charge is -2.15. The van der Waals surface area contributed by atoms with Gasteiger partial charge in [0.2, 0.25) is 6.79 Å². The molecule has 0 fully saturated rings. The molecule has 0 spiro atoms. The van der Waals surface area contributed by atoms with Gasteiger partial charge in [0.25, 0.3) is 5.91 Å². The Balaban J connectivity index is 1.32. The summed E-state index contributed by atoms with van der Waals surface area (Å²) >= 11 is 0. The number of imidazole rings is 1. The van der Waals surface area contributed by atoms with Crippen LogP contribution in [0.25, 0.3) is 0 Å². The van der Waals surface area contributed by atoms with Crippen LogP contribution in [0.5, 0.6) is 17.2 Å². The largest absolute Gasteiger partial charge is 0.481 e. The van der Waals surface area contributed by atoms with Crippen molar-refractivity contribution < 1.29 is 23.7 Å². The second kappa shape index (κ2) is 8.39. The predicted octanol–water partition coefficient (Wildman–Crippen LogP) is 1.21. The van der Waals surface area contributed by atoms with Gasteiger partial charge in [0, 0.05) is 31.5 Å². The molecule has 2 heterocycles. The van der Waals surface area contributed by atoms with Crippen molar-refractivity contribution in [1.29, 1.82) is 0 Å². The fraction of sp³-hybridized carbons (Fsp3) is 0.412. The number of aromatic nitrogens is 2. The monoisotopic (exact) mass is 347 g/mol. The molecule has 1 aromatic heterocycles. The first kappa shape index (κ1) is 17.1. The Kier molecular flexibility index (Phi) is 5.73. The number of ether oxygens (including phenoxy) is 4. The molecule has 8 heteroatoms. The molecular formula is C17H21N3O5. The van der Waals surface area contributed by atoms with Crippen LogP contribution in [-0.2, 0) is 16.1 Å². The second-order valence-electron chi connectivity index (χ2n) is 5.48. The minimum absolute atomic E-state index is 0.198. The van der Waals surface area contributed by atoms with Crippen molar-refractivity contribution >= 4 is 5.91 Å². The molecule has 8 nitrogen and oxygen atoms in total. The Labute approximate surface area is 145 Å². The van der Waals surface area contributed by atoms with E-state index in [4.69, 9.17) is 18.9 Å². The first-order valence-corrected chi connectivity index (χ1v) is 8.10.